The second-order valence-corrected chi connectivity index (χ2v) is 6.08. The number of piperidine rings is 1. The van der Waals surface area contributed by atoms with Crippen molar-refractivity contribution < 1.29 is 18.3 Å². The lowest BCUT2D eigenvalue weighted by Gasteiger charge is -2.36. The van der Waals surface area contributed by atoms with Crippen LogP contribution in [0.4, 0.5) is 13.2 Å². The van der Waals surface area contributed by atoms with E-state index in [1.807, 2.05) is 4.90 Å². The Bertz CT molecular complexity index is 268. The number of aliphatic hydroxyl groups is 1. The van der Waals surface area contributed by atoms with Crippen LogP contribution in [0.5, 0.6) is 0 Å². The van der Waals surface area contributed by atoms with E-state index in [2.05, 4.69) is 0 Å². The Labute approximate surface area is 113 Å². The van der Waals surface area contributed by atoms with E-state index in [0.717, 1.165) is 12.8 Å². The highest BCUT2D eigenvalue weighted by Gasteiger charge is 2.41. The van der Waals surface area contributed by atoms with Crippen LogP contribution >= 0.6 is 0 Å². The van der Waals surface area contributed by atoms with Crippen molar-refractivity contribution in [2.75, 3.05) is 19.6 Å². The molecule has 1 N–H and O–H groups in total. The average Bonchev–Trinajstić information content (AvgIpc) is 2.39. The van der Waals surface area contributed by atoms with E-state index in [0.29, 0.717) is 25.6 Å². The van der Waals surface area contributed by atoms with Gasteiger partial charge in [-0.05, 0) is 44.7 Å². The molecule has 1 heterocycles. The fourth-order valence-corrected chi connectivity index (χ4v) is 3.38. The first-order valence-corrected chi connectivity index (χ1v) is 7.44. The number of β-amino-alcohol motifs (C(OH)–C–C–N with tert-alkyl or cyclic N) is 1. The van der Waals surface area contributed by atoms with Gasteiger partial charge in [-0.15, -0.1) is 0 Å². The summed E-state index contributed by atoms with van der Waals surface area (Å²) in [5.41, 5.74) is 0. The van der Waals surface area contributed by atoms with Gasteiger partial charge in [0.2, 0.25) is 0 Å². The third kappa shape index (κ3) is 4.35. The quantitative estimate of drug-likeness (QED) is 0.857. The number of hydrogen-bond donors (Lipinski definition) is 1. The van der Waals surface area contributed by atoms with Crippen molar-refractivity contribution in [1.29, 1.82) is 0 Å². The fraction of sp³-hybridized carbons (Fsp3) is 1.00. The Hall–Kier alpha value is -0.290. The van der Waals surface area contributed by atoms with Crippen LogP contribution in [0.25, 0.3) is 0 Å². The van der Waals surface area contributed by atoms with E-state index in [-0.39, 0.29) is 18.9 Å². The molecule has 1 aliphatic heterocycles. The van der Waals surface area contributed by atoms with Gasteiger partial charge >= 0.3 is 6.18 Å². The summed E-state index contributed by atoms with van der Waals surface area (Å²) >= 11 is 0. The average molecular weight is 279 g/mol. The van der Waals surface area contributed by atoms with Gasteiger partial charge in [-0.2, -0.15) is 13.2 Å². The number of halogens is 3. The minimum atomic E-state index is -4.05. The maximum atomic E-state index is 12.6. The van der Waals surface area contributed by atoms with Gasteiger partial charge in [-0.25, -0.2) is 0 Å². The number of rotatable bonds is 3. The summed E-state index contributed by atoms with van der Waals surface area (Å²) < 4.78 is 37.7. The molecule has 1 unspecified atom stereocenters. The Morgan fingerprint density at radius 2 is 1.58 bits per heavy atom. The van der Waals surface area contributed by atoms with Crippen LogP contribution in [0.15, 0.2) is 0 Å². The molecule has 2 nitrogen and oxygen atoms in total. The van der Waals surface area contributed by atoms with Gasteiger partial charge in [0, 0.05) is 6.54 Å². The second kappa shape index (κ2) is 6.44. The van der Waals surface area contributed by atoms with Crippen LogP contribution in [0.1, 0.15) is 44.9 Å². The van der Waals surface area contributed by atoms with Crippen LogP contribution in [0.2, 0.25) is 0 Å². The molecule has 19 heavy (non-hydrogen) atoms. The van der Waals surface area contributed by atoms with Gasteiger partial charge in [0.05, 0.1) is 12.0 Å². The summed E-state index contributed by atoms with van der Waals surface area (Å²) in [5.74, 6) is -0.787. The van der Waals surface area contributed by atoms with Crippen LogP contribution < -0.4 is 0 Å². The van der Waals surface area contributed by atoms with Gasteiger partial charge in [-0.1, -0.05) is 19.3 Å². The first-order chi connectivity index (χ1) is 8.97. The highest BCUT2D eigenvalue weighted by Crippen LogP contribution is 2.34. The molecule has 5 heteroatoms. The molecular formula is C14H24F3NO. The van der Waals surface area contributed by atoms with Crippen LogP contribution in [-0.4, -0.2) is 41.9 Å². The molecule has 1 saturated carbocycles. The first kappa shape index (κ1) is 15.1. The van der Waals surface area contributed by atoms with E-state index >= 15 is 0 Å². The number of alkyl halides is 3. The third-order valence-corrected chi connectivity index (χ3v) is 4.69. The largest absolute Gasteiger partial charge is 0.392 e. The van der Waals surface area contributed by atoms with Crippen molar-refractivity contribution in [3.05, 3.63) is 0 Å². The summed E-state index contributed by atoms with van der Waals surface area (Å²) in [6.45, 7) is 1.48. The van der Waals surface area contributed by atoms with Gasteiger partial charge < -0.3 is 10.0 Å². The molecule has 1 aliphatic carbocycles. The van der Waals surface area contributed by atoms with Gasteiger partial charge in [0.1, 0.15) is 0 Å². The van der Waals surface area contributed by atoms with E-state index in [9.17, 15) is 18.3 Å². The second-order valence-electron chi connectivity index (χ2n) is 6.08. The zero-order valence-corrected chi connectivity index (χ0v) is 11.3. The smallest absolute Gasteiger partial charge is 0.391 e. The first-order valence-electron chi connectivity index (χ1n) is 7.44. The molecule has 0 radical (unpaired) electrons. The summed E-state index contributed by atoms with van der Waals surface area (Å²) in [6, 6.07) is 0. The Kier molecular flexibility index (Phi) is 5.12. The molecule has 0 bridgehead atoms. The lowest BCUT2D eigenvalue weighted by Crippen LogP contribution is -2.44. The standard InChI is InChI=1S/C14H24F3NO/c15-14(16,17)12-6-8-18(9-7-12)10-13(19)11-4-2-1-3-5-11/h11-13,19H,1-10H2. The predicted octanol–water partition coefficient (Wildman–Crippen LogP) is 3.20. The highest BCUT2D eigenvalue weighted by atomic mass is 19.4. The zero-order chi connectivity index (χ0) is 13.9. The molecule has 1 saturated heterocycles. The summed E-state index contributed by atoms with van der Waals surface area (Å²) in [4.78, 5) is 2.00. The maximum Gasteiger partial charge on any atom is 0.391 e. The molecule has 112 valence electrons. The molecule has 2 fully saturated rings. The summed E-state index contributed by atoms with van der Waals surface area (Å²) in [5, 5.41) is 10.2. The van der Waals surface area contributed by atoms with Crippen molar-refractivity contribution in [3.63, 3.8) is 0 Å². The maximum absolute atomic E-state index is 12.6. The van der Waals surface area contributed by atoms with E-state index in [1.54, 1.807) is 0 Å². The number of hydrogen-bond acceptors (Lipinski definition) is 2. The van der Waals surface area contributed by atoms with Gasteiger partial charge in [0.25, 0.3) is 0 Å². The number of aliphatic hydroxyl groups excluding tert-OH is 1. The lowest BCUT2D eigenvalue weighted by molar-refractivity contribution is -0.185. The summed E-state index contributed by atoms with van der Waals surface area (Å²) in [7, 11) is 0. The molecule has 0 amide bonds. The van der Waals surface area contributed by atoms with Crippen molar-refractivity contribution in [2.24, 2.45) is 11.8 Å². The van der Waals surface area contributed by atoms with Crippen LogP contribution in [0, 0.1) is 11.8 Å². The monoisotopic (exact) mass is 279 g/mol. The number of nitrogens with zero attached hydrogens (tertiary/aromatic N) is 1. The lowest BCUT2D eigenvalue weighted by atomic mass is 9.85. The van der Waals surface area contributed by atoms with E-state index in [4.69, 9.17) is 0 Å². The molecule has 0 aromatic carbocycles. The molecule has 0 spiro atoms. The van der Waals surface area contributed by atoms with Crippen molar-refractivity contribution in [3.8, 4) is 0 Å². The molecular weight excluding hydrogens is 255 g/mol. The van der Waals surface area contributed by atoms with Crippen LogP contribution in [0.3, 0.4) is 0 Å². The minimum Gasteiger partial charge on any atom is -0.392 e. The van der Waals surface area contributed by atoms with Crippen molar-refractivity contribution in [1.82, 2.24) is 4.90 Å². The molecule has 1 atom stereocenters. The van der Waals surface area contributed by atoms with Crippen molar-refractivity contribution >= 4 is 0 Å². The summed E-state index contributed by atoms with van der Waals surface area (Å²) in [6.07, 6.45) is 1.70. The van der Waals surface area contributed by atoms with Crippen LogP contribution in [-0.2, 0) is 0 Å². The predicted molar refractivity (Wildman–Crippen MR) is 67.8 cm³/mol. The van der Waals surface area contributed by atoms with Gasteiger partial charge in [0.15, 0.2) is 0 Å². The van der Waals surface area contributed by atoms with E-state index in [1.165, 1.54) is 19.3 Å². The van der Waals surface area contributed by atoms with Crippen molar-refractivity contribution in [2.45, 2.75) is 57.2 Å². The number of likely N-dealkylation sites (tertiary alicyclic amines) is 1. The Morgan fingerprint density at radius 3 is 2.11 bits per heavy atom. The van der Waals surface area contributed by atoms with Gasteiger partial charge in [-0.3, -0.25) is 0 Å². The Balaban J connectivity index is 1.73. The Morgan fingerprint density at radius 1 is 1.00 bits per heavy atom. The fourth-order valence-electron chi connectivity index (χ4n) is 3.38. The minimum absolute atomic E-state index is 0.181. The van der Waals surface area contributed by atoms with E-state index < -0.39 is 12.1 Å². The molecule has 2 rings (SSSR count). The zero-order valence-electron chi connectivity index (χ0n) is 11.3. The highest BCUT2D eigenvalue weighted by molar-refractivity contribution is 4.81. The molecule has 0 aromatic heterocycles. The third-order valence-electron chi connectivity index (χ3n) is 4.69. The molecule has 0 aromatic rings. The SMILES string of the molecule is OC(CN1CCC(C(F)(F)F)CC1)C1CCCCC1. The molecule has 2 aliphatic rings. The topological polar surface area (TPSA) is 23.5 Å². The normalized spacial score (nSPS) is 26.5.